The standard InChI is InChI=1S/C13H28BrN/c1-3-5-6-7-8-9-10-11-12-15-13(14)4-2/h13,15H,3-12H2,1-2H3. The Morgan fingerprint density at radius 2 is 1.40 bits per heavy atom. The molecule has 0 aromatic heterocycles. The summed E-state index contributed by atoms with van der Waals surface area (Å²) in [5.74, 6) is 0. The molecule has 0 bridgehead atoms. The van der Waals surface area contributed by atoms with Gasteiger partial charge in [0.25, 0.3) is 0 Å². The lowest BCUT2D eigenvalue weighted by Gasteiger charge is -2.08. The highest BCUT2D eigenvalue weighted by molar-refractivity contribution is 9.09. The van der Waals surface area contributed by atoms with Crippen molar-refractivity contribution in [3.05, 3.63) is 0 Å². The van der Waals surface area contributed by atoms with Crippen molar-refractivity contribution in [2.75, 3.05) is 6.54 Å². The van der Waals surface area contributed by atoms with Gasteiger partial charge in [-0.15, -0.1) is 0 Å². The van der Waals surface area contributed by atoms with Crippen LogP contribution in [-0.2, 0) is 0 Å². The van der Waals surface area contributed by atoms with Crippen molar-refractivity contribution in [3.8, 4) is 0 Å². The van der Waals surface area contributed by atoms with E-state index in [0.717, 1.165) is 6.42 Å². The van der Waals surface area contributed by atoms with Crippen LogP contribution in [0.3, 0.4) is 0 Å². The first kappa shape index (κ1) is 15.4. The Hall–Kier alpha value is 0.440. The maximum Gasteiger partial charge on any atom is 0.0628 e. The van der Waals surface area contributed by atoms with Gasteiger partial charge < -0.3 is 5.32 Å². The van der Waals surface area contributed by atoms with Crippen LogP contribution in [0.2, 0.25) is 0 Å². The van der Waals surface area contributed by atoms with Crippen LogP contribution >= 0.6 is 15.9 Å². The summed E-state index contributed by atoms with van der Waals surface area (Å²) in [6.07, 6.45) is 12.4. The van der Waals surface area contributed by atoms with Crippen LogP contribution in [0, 0.1) is 0 Å². The largest absolute Gasteiger partial charge is 0.305 e. The highest BCUT2D eigenvalue weighted by Gasteiger charge is 1.97. The molecule has 1 unspecified atom stereocenters. The van der Waals surface area contributed by atoms with E-state index < -0.39 is 0 Å². The molecule has 0 rings (SSSR count). The van der Waals surface area contributed by atoms with Crippen molar-refractivity contribution >= 4 is 15.9 Å². The van der Waals surface area contributed by atoms with E-state index in [2.05, 4.69) is 35.1 Å². The molecule has 0 aromatic rings. The topological polar surface area (TPSA) is 12.0 Å². The number of halogens is 1. The number of hydrogen-bond acceptors (Lipinski definition) is 1. The molecule has 1 N–H and O–H groups in total. The zero-order valence-electron chi connectivity index (χ0n) is 10.5. The second-order valence-electron chi connectivity index (χ2n) is 4.30. The Balaban J connectivity index is 2.92. The molecular weight excluding hydrogens is 250 g/mol. The number of alkyl halides is 1. The lowest BCUT2D eigenvalue weighted by Crippen LogP contribution is -2.23. The molecule has 0 aliphatic carbocycles. The van der Waals surface area contributed by atoms with Crippen LogP contribution in [0.25, 0.3) is 0 Å². The summed E-state index contributed by atoms with van der Waals surface area (Å²) in [5, 5.41) is 3.46. The first-order valence-corrected chi connectivity index (χ1v) is 7.60. The monoisotopic (exact) mass is 277 g/mol. The maximum atomic E-state index is 3.58. The molecular formula is C13H28BrN. The van der Waals surface area contributed by atoms with E-state index in [9.17, 15) is 0 Å². The highest BCUT2D eigenvalue weighted by Crippen LogP contribution is 2.08. The molecule has 15 heavy (non-hydrogen) atoms. The molecule has 0 aliphatic rings. The summed E-state index contributed by atoms with van der Waals surface area (Å²) in [4.78, 5) is 0.516. The van der Waals surface area contributed by atoms with Gasteiger partial charge in [0, 0.05) is 0 Å². The van der Waals surface area contributed by atoms with Gasteiger partial charge in [-0.25, -0.2) is 0 Å². The Labute approximate surface area is 105 Å². The minimum atomic E-state index is 0.516. The Kier molecular flexibility index (Phi) is 12.9. The van der Waals surface area contributed by atoms with Gasteiger partial charge >= 0.3 is 0 Å². The van der Waals surface area contributed by atoms with Gasteiger partial charge in [0.2, 0.25) is 0 Å². The summed E-state index contributed by atoms with van der Waals surface area (Å²) in [7, 11) is 0. The quantitative estimate of drug-likeness (QED) is 0.324. The molecule has 0 saturated carbocycles. The van der Waals surface area contributed by atoms with Crippen LogP contribution in [0.1, 0.15) is 71.6 Å². The van der Waals surface area contributed by atoms with E-state index in [1.165, 1.54) is 57.9 Å². The third kappa shape index (κ3) is 12.4. The molecule has 0 aromatic carbocycles. The molecule has 0 amide bonds. The lowest BCUT2D eigenvalue weighted by atomic mass is 10.1. The van der Waals surface area contributed by atoms with Crippen LogP contribution < -0.4 is 5.32 Å². The molecule has 2 heteroatoms. The summed E-state index contributed by atoms with van der Waals surface area (Å²) >= 11 is 3.58. The first-order valence-electron chi connectivity index (χ1n) is 6.68. The molecule has 92 valence electrons. The fraction of sp³-hybridized carbons (Fsp3) is 1.00. The first-order chi connectivity index (χ1) is 7.31. The van der Waals surface area contributed by atoms with E-state index in [0.29, 0.717) is 4.95 Å². The van der Waals surface area contributed by atoms with Crippen LogP contribution in [0.15, 0.2) is 0 Å². The fourth-order valence-electron chi connectivity index (χ4n) is 1.66. The number of nitrogens with one attached hydrogen (secondary N) is 1. The van der Waals surface area contributed by atoms with E-state index in [4.69, 9.17) is 0 Å². The lowest BCUT2D eigenvalue weighted by molar-refractivity contribution is 0.547. The fourth-order valence-corrected chi connectivity index (χ4v) is 1.89. The van der Waals surface area contributed by atoms with Gasteiger partial charge in [0.1, 0.15) is 0 Å². The van der Waals surface area contributed by atoms with Crippen molar-refractivity contribution in [1.82, 2.24) is 5.32 Å². The van der Waals surface area contributed by atoms with Crippen molar-refractivity contribution < 1.29 is 0 Å². The van der Waals surface area contributed by atoms with Crippen molar-refractivity contribution in [1.29, 1.82) is 0 Å². The minimum absolute atomic E-state index is 0.516. The molecule has 0 spiro atoms. The smallest absolute Gasteiger partial charge is 0.0628 e. The summed E-state index contributed by atoms with van der Waals surface area (Å²) in [5.41, 5.74) is 0. The summed E-state index contributed by atoms with van der Waals surface area (Å²) < 4.78 is 0. The Morgan fingerprint density at radius 3 is 1.93 bits per heavy atom. The van der Waals surface area contributed by atoms with Gasteiger partial charge in [-0.1, -0.05) is 74.7 Å². The SMILES string of the molecule is CCCCCCCCCCNC(Br)CC. The molecule has 0 radical (unpaired) electrons. The zero-order chi connectivity index (χ0) is 11.4. The Morgan fingerprint density at radius 1 is 0.867 bits per heavy atom. The summed E-state index contributed by atoms with van der Waals surface area (Å²) in [6.45, 7) is 5.63. The van der Waals surface area contributed by atoms with Gasteiger partial charge in [0.15, 0.2) is 0 Å². The Bertz CT molecular complexity index is 117. The van der Waals surface area contributed by atoms with Gasteiger partial charge in [-0.3, -0.25) is 0 Å². The zero-order valence-corrected chi connectivity index (χ0v) is 12.1. The number of hydrogen-bond donors (Lipinski definition) is 1. The van der Waals surface area contributed by atoms with Crippen LogP contribution in [-0.4, -0.2) is 11.5 Å². The van der Waals surface area contributed by atoms with Crippen molar-refractivity contribution in [3.63, 3.8) is 0 Å². The second kappa shape index (κ2) is 12.5. The van der Waals surface area contributed by atoms with E-state index in [1.807, 2.05) is 0 Å². The molecule has 0 aliphatic heterocycles. The molecule has 0 saturated heterocycles. The van der Waals surface area contributed by atoms with Gasteiger partial charge in [-0.2, -0.15) is 0 Å². The second-order valence-corrected chi connectivity index (χ2v) is 5.41. The van der Waals surface area contributed by atoms with Crippen LogP contribution in [0.5, 0.6) is 0 Å². The average Bonchev–Trinajstić information content (AvgIpc) is 2.26. The molecule has 1 atom stereocenters. The number of unbranched alkanes of at least 4 members (excludes halogenated alkanes) is 7. The predicted octanol–water partition coefficient (Wildman–Crippen LogP) is 4.85. The normalized spacial score (nSPS) is 13.0. The maximum absolute atomic E-state index is 3.58. The average molecular weight is 278 g/mol. The van der Waals surface area contributed by atoms with Crippen LogP contribution in [0.4, 0.5) is 0 Å². The third-order valence-electron chi connectivity index (χ3n) is 2.75. The van der Waals surface area contributed by atoms with Gasteiger partial charge in [-0.05, 0) is 19.4 Å². The summed E-state index contributed by atoms with van der Waals surface area (Å²) in [6, 6.07) is 0. The van der Waals surface area contributed by atoms with E-state index >= 15 is 0 Å². The molecule has 0 fully saturated rings. The molecule has 1 nitrogen and oxygen atoms in total. The van der Waals surface area contributed by atoms with Crippen molar-refractivity contribution in [2.24, 2.45) is 0 Å². The van der Waals surface area contributed by atoms with Gasteiger partial charge in [0.05, 0.1) is 4.95 Å². The molecule has 0 heterocycles. The predicted molar refractivity (Wildman–Crippen MR) is 73.6 cm³/mol. The minimum Gasteiger partial charge on any atom is -0.305 e. The number of rotatable bonds is 11. The van der Waals surface area contributed by atoms with E-state index in [1.54, 1.807) is 0 Å². The third-order valence-corrected chi connectivity index (χ3v) is 3.73. The van der Waals surface area contributed by atoms with E-state index in [-0.39, 0.29) is 0 Å². The highest BCUT2D eigenvalue weighted by atomic mass is 79.9. The van der Waals surface area contributed by atoms with Crippen molar-refractivity contribution in [2.45, 2.75) is 76.6 Å².